The first-order chi connectivity index (χ1) is 11.1. The third-order valence-electron chi connectivity index (χ3n) is 3.41. The van der Waals surface area contributed by atoms with Gasteiger partial charge in [0, 0.05) is 10.5 Å². The Morgan fingerprint density at radius 1 is 1.26 bits per heavy atom. The lowest BCUT2D eigenvalue weighted by Crippen LogP contribution is -1.97. The van der Waals surface area contributed by atoms with Gasteiger partial charge in [-0.25, -0.2) is 0 Å². The van der Waals surface area contributed by atoms with Crippen molar-refractivity contribution in [3.8, 4) is 11.5 Å². The Hall–Kier alpha value is -1.72. The average molecular weight is 391 g/mol. The Morgan fingerprint density at radius 2 is 2.04 bits per heavy atom. The third kappa shape index (κ3) is 3.16. The Morgan fingerprint density at radius 3 is 2.74 bits per heavy atom. The number of carbonyl (C=O) groups excluding carboxylic acids is 1. The van der Waals surface area contributed by atoms with Crippen LogP contribution < -0.4 is 9.47 Å². The molecule has 118 valence electrons. The highest BCUT2D eigenvalue weighted by Crippen LogP contribution is 2.42. The van der Waals surface area contributed by atoms with Gasteiger partial charge >= 0.3 is 0 Å². The molecule has 23 heavy (non-hydrogen) atoms. The van der Waals surface area contributed by atoms with Crippen molar-refractivity contribution in [2.24, 2.45) is 0 Å². The van der Waals surface area contributed by atoms with Gasteiger partial charge in [-0.1, -0.05) is 23.9 Å². The molecule has 0 saturated heterocycles. The van der Waals surface area contributed by atoms with Crippen LogP contribution in [-0.4, -0.2) is 19.5 Å². The lowest BCUT2D eigenvalue weighted by Gasteiger charge is -2.12. The van der Waals surface area contributed by atoms with Crippen LogP contribution in [0.25, 0.3) is 6.08 Å². The quantitative estimate of drug-likeness (QED) is 0.673. The van der Waals surface area contributed by atoms with Crippen molar-refractivity contribution in [3.63, 3.8) is 0 Å². The Bertz CT molecular complexity index is 799. The second kappa shape index (κ2) is 6.81. The number of halogens is 1. The maximum Gasteiger partial charge on any atom is 0.200 e. The van der Waals surface area contributed by atoms with Crippen molar-refractivity contribution < 1.29 is 14.3 Å². The van der Waals surface area contributed by atoms with Gasteiger partial charge < -0.3 is 9.47 Å². The molecule has 5 heteroatoms. The second-order valence-corrected chi connectivity index (χ2v) is 6.84. The fraction of sp³-hybridized carbons (Fsp3) is 0.167. The van der Waals surface area contributed by atoms with Crippen LogP contribution in [0.15, 0.2) is 50.7 Å². The highest BCUT2D eigenvalue weighted by molar-refractivity contribution is 9.10. The van der Waals surface area contributed by atoms with Crippen molar-refractivity contribution in [3.05, 3.63) is 56.9 Å². The molecule has 0 radical (unpaired) electrons. The summed E-state index contributed by atoms with van der Waals surface area (Å²) < 4.78 is 11.8. The van der Waals surface area contributed by atoms with Gasteiger partial charge in [0.15, 0.2) is 11.5 Å². The van der Waals surface area contributed by atoms with Crippen LogP contribution in [-0.2, 0) is 0 Å². The van der Waals surface area contributed by atoms with Gasteiger partial charge in [-0.15, -0.1) is 0 Å². The second-order valence-electron chi connectivity index (χ2n) is 4.90. The molecule has 1 heterocycles. The normalized spacial score (nSPS) is 14.9. The number of methoxy groups -OCH3 is 1. The number of hydrogen-bond acceptors (Lipinski definition) is 4. The molecule has 3 nitrogen and oxygen atoms in total. The number of ether oxygens (including phenoxy) is 2. The summed E-state index contributed by atoms with van der Waals surface area (Å²) in [5.74, 6) is 1.38. The Balaban J connectivity index is 1.98. The molecule has 0 fully saturated rings. The van der Waals surface area contributed by atoms with E-state index in [-0.39, 0.29) is 5.78 Å². The van der Waals surface area contributed by atoms with Crippen LogP contribution in [0.3, 0.4) is 0 Å². The summed E-state index contributed by atoms with van der Waals surface area (Å²) in [6, 6.07) is 11.5. The molecule has 0 aliphatic carbocycles. The fourth-order valence-electron chi connectivity index (χ4n) is 2.39. The molecular weight excluding hydrogens is 376 g/mol. The van der Waals surface area contributed by atoms with Crippen LogP contribution in [0.5, 0.6) is 11.5 Å². The number of fused-ring (bicyclic) bond motifs is 1. The summed E-state index contributed by atoms with van der Waals surface area (Å²) in [6.07, 6.45) is 1.88. The van der Waals surface area contributed by atoms with Crippen LogP contribution >= 0.6 is 27.7 Å². The molecule has 0 aromatic heterocycles. The van der Waals surface area contributed by atoms with E-state index in [9.17, 15) is 4.79 Å². The number of hydrogen-bond donors (Lipinski definition) is 0. The molecular formula is C18H15BrO3S. The minimum absolute atomic E-state index is 0.0644. The van der Waals surface area contributed by atoms with Crippen LogP contribution in [0, 0.1) is 0 Å². The van der Waals surface area contributed by atoms with Gasteiger partial charge in [-0.3, -0.25) is 4.79 Å². The summed E-state index contributed by atoms with van der Waals surface area (Å²) in [7, 11) is 1.60. The first-order valence-electron chi connectivity index (χ1n) is 7.17. The lowest BCUT2D eigenvalue weighted by molar-refractivity contribution is 0.104. The van der Waals surface area contributed by atoms with E-state index in [1.165, 1.54) is 11.8 Å². The smallest absolute Gasteiger partial charge is 0.200 e. The van der Waals surface area contributed by atoms with E-state index < -0.39 is 0 Å². The van der Waals surface area contributed by atoms with Crippen molar-refractivity contribution in [1.82, 2.24) is 0 Å². The van der Waals surface area contributed by atoms with E-state index in [0.717, 1.165) is 20.5 Å². The van der Waals surface area contributed by atoms with Gasteiger partial charge in [0.25, 0.3) is 0 Å². The van der Waals surface area contributed by atoms with Crippen molar-refractivity contribution in [2.45, 2.75) is 11.8 Å². The Labute approximate surface area is 147 Å². The summed E-state index contributed by atoms with van der Waals surface area (Å²) in [5.41, 5.74) is 1.65. The highest BCUT2D eigenvalue weighted by Gasteiger charge is 2.25. The van der Waals surface area contributed by atoms with Crippen LogP contribution in [0.2, 0.25) is 0 Å². The number of thioether (sulfide) groups is 1. The number of carbonyl (C=O) groups is 1. The van der Waals surface area contributed by atoms with E-state index in [2.05, 4.69) is 15.9 Å². The third-order valence-corrected chi connectivity index (χ3v) is 5.10. The van der Waals surface area contributed by atoms with Gasteiger partial charge in [0.05, 0.1) is 23.1 Å². The molecule has 3 rings (SSSR count). The predicted octanol–water partition coefficient (Wildman–Crippen LogP) is 5.19. The minimum Gasteiger partial charge on any atom is -0.493 e. The van der Waals surface area contributed by atoms with E-state index >= 15 is 0 Å². The molecule has 1 aliphatic rings. The van der Waals surface area contributed by atoms with E-state index in [1.54, 1.807) is 7.11 Å². The highest BCUT2D eigenvalue weighted by atomic mass is 79.9. The minimum atomic E-state index is 0.0644. The van der Waals surface area contributed by atoms with Crippen LogP contribution in [0.4, 0.5) is 0 Å². The number of Topliss-reactive ketones (excluding diaryl/α,β-unsaturated/α-hetero) is 1. The molecule has 0 atom stereocenters. The molecule has 0 unspecified atom stereocenters. The zero-order valence-corrected chi connectivity index (χ0v) is 15.2. The topological polar surface area (TPSA) is 35.5 Å². The summed E-state index contributed by atoms with van der Waals surface area (Å²) in [4.78, 5) is 14.2. The number of allylic oxidation sites excluding steroid dienone is 1. The summed E-state index contributed by atoms with van der Waals surface area (Å²) in [5, 5.41) is 0. The first kappa shape index (κ1) is 16.1. The SMILES string of the molecule is CCOc1c(Br)cc(/C=C2/Sc3ccccc3C2=O)cc1OC. The number of rotatable bonds is 4. The maximum atomic E-state index is 12.5. The van der Waals surface area contributed by atoms with Crippen molar-refractivity contribution in [2.75, 3.05) is 13.7 Å². The van der Waals surface area contributed by atoms with Crippen LogP contribution in [0.1, 0.15) is 22.8 Å². The largest absolute Gasteiger partial charge is 0.493 e. The molecule has 0 bridgehead atoms. The van der Waals surface area contributed by atoms with Gasteiger partial charge in [-0.05, 0) is 58.8 Å². The van der Waals surface area contributed by atoms with Gasteiger partial charge in [-0.2, -0.15) is 0 Å². The molecule has 2 aromatic rings. The Kier molecular flexibility index (Phi) is 4.78. The van der Waals surface area contributed by atoms with Crippen molar-refractivity contribution in [1.29, 1.82) is 0 Å². The zero-order valence-electron chi connectivity index (χ0n) is 12.8. The summed E-state index contributed by atoms with van der Waals surface area (Å²) >= 11 is 5.00. The lowest BCUT2D eigenvalue weighted by atomic mass is 10.1. The first-order valence-corrected chi connectivity index (χ1v) is 8.78. The maximum absolute atomic E-state index is 12.5. The van der Waals surface area contributed by atoms with E-state index in [0.29, 0.717) is 23.0 Å². The molecule has 1 aliphatic heterocycles. The van der Waals surface area contributed by atoms with E-state index in [1.807, 2.05) is 49.4 Å². The number of ketones is 1. The molecule has 0 saturated carbocycles. The van der Waals surface area contributed by atoms with E-state index in [4.69, 9.17) is 9.47 Å². The van der Waals surface area contributed by atoms with Crippen molar-refractivity contribution >= 4 is 39.6 Å². The zero-order chi connectivity index (χ0) is 16.4. The van der Waals surface area contributed by atoms with Gasteiger partial charge in [0.1, 0.15) is 0 Å². The number of benzene rings is 2. The molecule has 0 spiro atoms. The summed E-state index contributed by atoms with van der Waals surface area (Å²) in [6.45, 7) is 2.48. The molecule has 0 N–H and O–H groups in total. The fourth-order valence-corrected chi connectivity index (χ4v) is 4.02. The monoisotopic (exact) mass is 390 g/mol. The molecule has 0 amide bonds. The van der Waals surface area contributed by atoms with Gasteiger partial charge in [0.2, 0.25) is 5.78 Å². The average Bonchev–Trinajstić information content (AvgIpc) is 2.86. The standard InChI is InChI=1S/C18H15BrO3S/c1-3-22-18-13(19)8-11(9-14(18)21-2)10-16-17(20)12-6-4-5-7-15(12)23-16/h4-10H,3H2,1-2H3/b16-10+. The molecule has 2 aromatic carbocycles. The predicted molar refractivity (Wildman–Crippen MR) is 96.5 cm³/mol.